The summed E-state index contributed by atoms with van der Waals surface area (Å²) in [5, 5.41) is 11.1. The fourth-order valence-electron chi connectivity index (χ4n) is 3.20. The lowest BCUT2D eigenvalue weighted by Crippen LogP contribution is -1.96. The number of ether oxygens (including phenoxy) is 3. The van der Waals surface area contributed by atoms with Crippen molar-refractivity contribution in [3.05, 3.63) is 87.0 Å². The Kier molecular flexibility index (Phi) is 6.37. The predicted octanol–water partition coefficient (Wildman–Crippen LogP) is 6.19. The van der Waals surface area contributed by atoms with E-state index in [0.29, 0.717) is 28.4 Å². The molecule has 3 rings (SSSR count). The molecule has 0 saturated heterocycles. The molecule has 6 nitrogen and oxygen atoms in total. The quantitative estimate of drug-likeness (QED) is 0.266. The fourth-order valence-corrected chi connectivity index (χ4v) is 3.20. The van der Waals surface area contributed by atoms with Crippen LogP contribution in [-0.2, 0) is 0 Å². The molecule has 30 heavy (non-hydrogen) atoms. The molecular formula is C24H23NO5. The van der Waals surface area contributed by atoms with E-state index >= 15 is 0 Å². The highest BCUT2D eigenvalue weighted by atomic mass is 16.6. The predicted molar refractivity (Wildman–Crippen MR) is 118 cm³/mol. The number of hydrogen-bond acceptors (Lipinski definition) is 5. The number of nitrogens with zero attached hydrogens (tertiary/aromatic N) is 1. The number of aryl methyl sites for hydroxylation is 2. The zero-order chi connectivity index (χ0) is 21.7. The molecule has 0 radical (unpaired) electrons. The molecule has 0 aliphatic heterocycles. The van der Waals surface area contributed by atoms with E-state index in [0.717, 1.165) is 16.9 Å². The number of nitro groups is 1. The Balaban J connectivity index is 1.94. The van der Waals surface area contributed by atoms with Gasteiger partial charge in [0.1, 0.15) is 23.0 Å². The topological polar surface area (TPSA) is 70.8 Å². The first-order valence-electron chi connectivity index (χ1n) is 9.35. The van der Waals surface area contributed by atoms with Gasteiger partial charge in [0, 0.05) is 23.3 Å². The van der Waals surface area contributed by atoms with Crippen molar-refractivity contribution in [2.45, 2.75) is 13.8 Å². The maximum Gasteiger partial charge on any atom is 0.270 e. The summed E-state index contributed by atoms with van der Waals surface area (Å²) in [5.74, 6) is 2.68. The van der Waals surface area contributed by atoms with Gasteiger partial charge < -0.3 is 14.2 Å². The average Bonchev–Trinajstić information content (AvgIpc) is 2.74. The number of methoxy groups -OCH3 is 2. The summed E-state index contributed by atoms with van der Waals surface area (Å²) in [5.41, 5.74) is 3.22. The zero-order valence-electron chi connectivity index (χ0n) is 17.3. The molecule has 0 aliphatic rings. The van der Waals surface area contributed by atoms with Crippen LogP contribution in [0.4, 0.5) is 5.69 Å². The third-order valence-electron chi connectivity index (χ3n) is 4.66. The molecule has 0 unspecified atom stereocenters. The van der Waals surface area contributed by atoms with Gasteiger partial charge in [0.2, 0.25) is 0 Å². The first kappa shape index (κ1) is 20.9. The lowest BCUT2D eigenvalue weighted by molar-refractivity contribution is -0.385. The van der Waals surface area contributed by atoms with Crippen molar-refractivity contribution in [2.24, 2.45) is 0 Å². The van der Waals surface area contributed by atoms with Gasteiger partial charge in [0.25, 0.3) is 5.69 Å². The largest absolute Gasteiger partial charge is 0.496 e. The molecule has 6 heteroatoms. The zero-order valence-corrected chi connectivity index (χ0v) is 17.3. The molecule has 3 aromatic rings. The Morgan fingerprint density at radius 3 is 2.07 bits per heavy atom. The molecular weight excluding hydrogens is 382 g/mol. The van der Waals surface area contributed by atoms with Crippen LogP contribution in [0.3, 0.4) is 0 Å². The SMILES string of the molecule is COc1ccccc1C=Cc1cc(Oc2c(C)cc([N+](=O)[O-])cc2C)ccc1OC. The Hall–Kier alpha value is -3.80. The molecule has 0 saturated carbocycles. The molecule has 0 aromatic heterocycles. The number of para-hydroxylation sites is 1. The van der Waals surface area contributed by atoms with E-state index in [1.54, 1.807) is 34.1 Å². The summed E-state index contributed by atoms with van der Waals surface area (Å²) in [6.07, 6.45) is 3.88. The van der Waals surface area contributed by atoms with E-state index in [1.807, 2.05) is 48.6 Å². The summed E-state index contributed by atoms with van der Waals surface area (Å²) < 4.78 is 16.9. The maximum atomic E-state index is 11.1. The smallest absolute Gasteiger partial charge is 0.270 e. The van der Waals surface area contributed by atoms with Crippen molar-refractivity contribution in [1.29, 1.82) is 0 Å². The highest BCUT2D eigenvalue weighted by Gasteiger charge is 2.14. The molecule has 0 N–H and O–H groups in total. The number of rotatable bonds is 7. The second-order valence-electron chi connectivity index (χ2n) is 6.75. The second-order valence-corrected chi connectivity index (χ2v) is 6.75. The van der Waals surface area contributed by atoms with Gasteiger partial charge in [-0.3, -0.25) is 10.1 Å². The lowest BCUT2D eigenvalue weighted by Gasteiger charge is -2.13. The van der Waals surface area contributed by atoms with Crippen LogP contribution in [0.15, 0.2) is 54.6 Å². The highest BCUT2D eigenvalue weighted by molar-refractivity contribution is 5.75. The second kappa shape index (κ2) is 9.13. The van der Waals surface area contributed by atoms with E-state index in [4.69, 9.17) is 14.2 Å². The van der Waals surface area contributed by atoms with Crippen LogP contribution in [-0.4, -0.2) is 19.1 Å². The highest BCUT2D eigenvalue weighted by Crippen LogP contribution is 2.34. The Morgan fingerprint density at radius 2 is 1.43 bits per heavy atom. The molecule has 0 heterocycles. The summed E-state index contributed by atoms with van der Waals surface area (Å²) in [6.45, 7) is 3.59. The van der Waals surface area contributed by atoms with Crippen LogP contribution in [0.1, 0.15) is 22.3 Å². The number of non-ortho nitro benzene ring substituents is 1. The number of benzene rings is 3. The maximum absolute atomic E-state index is 11.1. The first-order valence-corrected chi connectivity index (χ1v) is 9.35. The molecule has 3 aromatic carbocycles. The molecule has 154 valence electrons. The Morgan fingerprint density at radius 1 is 0.833 bits per heavy atom. The summed E-state index contributed by atoms with van der Waals surface area (Å²) >= 11 is 0. The molecule has 0 aliphatic carbocycles. The molecule has 0 fully saturated rings. The normalized spacial score (nSPS) is 10.8. The van der Waals surface area contributed by atoms with Crippen LogP contribution in [0.2, 0.25) is 0 Å². The summed E-state index contributed by atoms with van der Waals surface area (Å²) in [6, 6.07) is 16.2. The summed E-state index contributed by atoms with van der Waals surface area (Å²) in [7, 11) is 3.25. The van der Waals surface area contributed by atoms with E-state index in [9.17, 15) is 10.1 Å². The summed E-state index contributed by atoms with van der Waals surface area (Å²) in [4.78, 5) is 10.7. The van der Waals surface area contributed by atoms with Crippen molar-refractivity contribution in [3.63, 3.8) is 0 Å². The minimum Gasteiger partial charge on any atom is -0.496 e. The van der Waals surface area contributed by atoms with Crippen LogP contribution >= 0.6 is 0 Å². The van der Waals surface area contributed by atoms with E-state index in [2.05, 4.69) is 0 Å². The molecule has 0 spiro atoms. The van der Waals surface area contributed by atoms with Crippen LogP contribution in [0.5, 0.6) is 23.0 Å². The van der Waals surface area contributed by atoms with Crippen molar-refractivity contribution in [1.82, 2.24) is 0 Å². The van der Waals surface area contributed by atoms with Gasteiger partial charge in [0.05, 0.1) is 19.1 Å². The Bertz CT molecular complexity index is 1080. The van der Waals surface area contributed by atoms with Gasteiger partial charge in [-0.05, 0) is 49.2 Å². The Labute approximate surface area is 175 Å². The average molecular weight is 405 g/mol. The third kappa shape index (κ3) is 4.60. The van der Waals surface area contributed by atoms with Gasteiger partial charge in [0.15, 0.2) is 0 Å². The van der Waals surface area contributed by atoms with Gasteiger partial charge in [-0.2, -0.15) is 0 Å². The van der Waals surface area contributed by atoms with Crippen molar-refractivity contribution in [3.8, 4) is 23.0 Å². The first-order chi connectivity index (χ1) is 14.4. The van der Waals surface area contributed by atoms with E-state index in [-0.39, 0.29) is 5.69 Å². The minimum absolute atomic E-state index is 0.0486. The number of nitro benzene ring substituents is 1. The monoisotopic (exact) mass is 405 g/mol. The van der Waals surface area contributed by atoms with Crippen molar-refractivity contribution >= 4 is 17.8 Å². The van der Waals surface area contributed by atoms with Gasteiger partial charge in [-0.1, -0.05) is 30.4 Å². The molecule has 0 amide bonds. The third-order valence-corrected chi connectivity index (χ3v) is 4.66. The van der Waals surface area contributed by atoms with Gasteiger partial charge in [-0.25, -0.2) is 0 Å². The van der Waals surface area contributed by atoms with Crippen LogP contribution < -0.4 is 14.2 Å². The van der Waals surface area contributed by atoms with E-state index < -0.39 is 4.92 Å². The van der Waals surface area contributed by atoms with Crippen molar-refractivity contribution in [2.75, 3.05) is 14.2 Å². The molecule has 0 atom stereocenters. The van der Waals surface area contributed by atoms with E-state index in [1.165, 1.54) is 12.1 Å². The lowest BCUT2D eigenvalue weighted by atomic mass is 10.1. The standard InChI is InChI=1S/C24H23NO5/c1-16-13-20(25(26)27)14-17(2)24(16)30-21-11-12-23(29-4)19(15-21)10-9-18-7-5-6-8-22(18)28-3/h5-15H,1-4H3. The van der Waals surface area contributed by atoms with Crippen LogP contribution in [0.25, 0.3) is 12.2 Å². The molecule has 0 bridgehead atoms. The number of hydrogen-bond donors (Lipinski definition) is 0. The fraction of sp³-hybridized carbons (Fsp3) is 0.167. The van der Waals surface area contributed by atoms with Crippen molar-refractivity contribution < 1.29 is 19.1 Å². The minimum atomic E-state index is -0.405. The van der Waals surface area contributed by atoms with Gasteiger partial charge in [-0.15, -0.1) is 0 Å². The van der Waals surface area contributed by atoms with Gasteiger partial charge >= 0.3 is 0 Å². The van der Waals surface area contributed by atoms with Crippen LogP contribution in [0, 0.1) is 24.0 Å².